The summed E-state index contributed by atoms with van der Waals surface area (Å²) < 4.78 is 12.8. The molecule has 2 atom stereocenters. The SMILES string of the molecule is CC(CN1CCC(C)(O)C1)C(=O)c1ccc(F)cn1. The van der Waals surface area contributed by atoms with Crippen LogP contribution in [0.4, 0.5) is 4.39 Å². The lowest BCUT2D eigenvalue weighted by atomic mass is 10.0. The van der Waals surface area contributed by atoms with Crippen LogP contribution in [0.5, 0.6) is 0 Å². The highest BCUT2D eigenvalue weighted by atomic mass is 19.1. The van der Waals surface area contributed by atoms with E-state index in [-0.39, 0.29) is 11.7 Å². The fourth-order valence-corrected chi connectivity index (χ4v) is 2.44. The van der Waals surface area contributed by atoms with Gasteiger partial charge in [0.2, 0.25) is 0 Å². The van der Waals surface area contributed by atoms with E-state index in [2.05, 4.69) is 9.88 Å². The molecule has 0 aromatic carbocycles. The van der Waals surface area contributed by atoms with Gasteiger partial charge in [0.25, 0.3) is 0 Å². The van der Waals surface area contributed by atoms with Gasteiger partial charge < -0.3 is 5.11 Å². The number of likely N-dealkylation sites (tertiary alicyclic amines) is 1. The van der Waals surface area contributed by atoms with E-state index in [1.54, 1.807) is 6.92 Å². The van der Waals surface area contributed by atoms with Gasteiger partial charge in [-0.1, -0.05) is 6.92 Å². The van der Waals surface area contributed by atoms with Gasteiger partial charge in [-0.25, -0.2) is 4.39 Å². The summed E-state index contributed by atoms with van der Waals surface area (Å²) in [5.41, 5.74) is -0.364. The molecule has 0 radical (unpaired) electrons. The highest BCUT2D eigenvalue weighted by Crippen LogP contribution is 2.21. The summed E-state index contributed by atoms with van der Waals surface area (Å²) in [7, 11) is 0. The third kappa shape index (κ3) is 3.58. The summed E-state index contributed by atoms with van der Waals surface area (Å²) in [4.78, 5) is 18.0. The smallest absolute Gasteiger partial charge is 0.185 e. The zero-order chi connectivity index (χ0) is 14.0. The quantitative estimate of drug-likeness (QED) is 0.839. The van der Waals surface area contributed by atoms with E-state index >= 15 is 0 Å². The van der Waals surface area contributed by atoms with Crippen molar-refractivity contribution >= 4 is 5.78 Å². The molecule has 1 aliphatic rings. The number of nitrogens with zero attached hydrogens (tertiary/aromatic N) is 2. The fourth-order valence-electron chi connectivity index (χ4n) is 2.44. The number of rotatable bonds is 4. The van der Waals surface area contributed by atoms with Crippen LogP contribution in [0.2, 0.25) is 0 Å². The van der Waals surface area contributed by atoms with Gasteiger partial charge in [-0.05, 0) is 25.5 Å². The number of hydrogen-bond donors (Lipinski definition) is 1. The van der Waals surface area contributed by atoms with Crippen LogP contribution in [-0.4, -0.2) is 46.0 Å². The van der Waals surface area contributed by atoms with Crippen molar-refractivity contribution in [3.63, 3.8) is 0 Å². The molecule has 104 valence electrons. The Morgan fingerprint density at radius 1 is 1.63 bits per heavy atom. The number of aliphatic hydroxyl groups is 1. The van der Waals surface area contributed by atoms with Crippen LogP contribution in [0.15, 0.2) is 18.3 Å². The maximum Gasteiger partial charge on any atom is 0.185 e. The van der Waals surface area contributed by atoms with Gasteiger partial charge in [-0.15, -0.1) is 0 Å². The molecule has 0 bridgehead atoms. The van der Waals surface area contributed by atoms with Crippen LogP contribution in [0, 0.1) is 11.7 Å². The molecular formula is C14H19FN2O2. The maximum absolute atomic E-state index is 12.8. The van der Waals surface area contributed by atoms with Gasteiger partial charge in [-0.2, -0.15) is 0 Å². The van der Waals surface area contributed by atoms with Crippen LogP contribution >= 0.6 is 0 Å². The summed E-state index contributed by atoms with van der Waals surface area (Å²) in [6.45, 7) is 5.61. The molecule has 2 heterocycles. The highest BCUT2D eigenvalue weighted by molar-refractivity contribution is 5.95. The molecule has 0 spiro atoms. The van der Waals surface area contributed by atoms with Gasteiger partial charge in [0.15, 0.2) is 5.78 Å². The number of aromatic nitrogens is 1. The minimum Gasteiger partial charge on any atom is -0.389 e. The van der Waals surface area contributed by atoms with Gasteiger partial charge in [0, 0.05) is 25.6 Å². The number of hydrogen-bond acceptors (Lipinski definition) is 4. The van der Waals surface area contributed by atoms with Gasteiger partial charge in [-0.3, -0.25) is 14.7 Å². The van der Waals surface area contributed by atoms with Gasteiger partial charge in [0.05, 0.1) is 11.8 Å². The first kappa shape index (κ1) is 14.1. The second-order valence-electron chi connectivity index (χ2n) is 5.61. The second-order valence-corrected chi connectivity index (χ2v) is 5.61. The number of pyridine rings is 1. The molecule has 0 amide bonds. The molecule has 1 aromatic heterocycles. The third-order valence-corrected chi connectivity index (χ3v) is 3.49. The highest BCUT2D eigenvalue weighted by Gasteiger charge is 2.32. The van der Waals surface area contributed by atoms with Crippen molar-refractivity contribution in [1.82, 2.24) is 9.88 Å². The van der Waals surface area contributed by atoms with Gasteiger partial charge >= 0.3 is 0 Å². The number of ketones is 1. The Kier molecular flexibility index (Phi) is 3.96. The summed E-state index contributed by atoms with van der Waals surface area (Å²) in [6.07, 6.45) is 1.78. The molecule has 2 rings (SSSR count). The zero-order valence-corrected chi connectivity index (χ0v) is 11.3. The van der Waals surface area contributed by atoms with Crippen molar-refractivity contribution < 1.29 is 14.3 Å². The monoisotopic (exact) mass is 266 g/mol. The van der Waals surface area contributed by atoms with Crippen molar-refractivity contribution in [1.29, 1.82) is 0 Å². The van der Waals surface area contributed by atoms with E-state index in [0.717, 1.165) is 19.2 Å². The molecule has 1 aromatic rings. The largest absolute Gasteiger partial charge is 0.389 e. The average Bonchev–Trinajstić information content (AvgIpc) is 2.68. The predicted molar refractivity (Wildman–Crippen MR) is 69.4 cm³/mol. The fraction of sp³-hybridized carbons (Fsp3) is 0.571. The lowest BCUT2D eigenvalue weighted by Crippen LogP contribution is -2.34. The predicted octanol–water partition coefficient (Wildman–Crippen LogP) is 1.50. The molecule has 1 saturated heterocycles. The molecule has 1 aliphatic heterocycles. The van der Waals surface area contributed by atoms with E-state index in [0.29, 0.717) is 18.8 Å². The standard InChI is InChI=1S/C14H19FN2O2/c1-10(8-17-6-5-14(2,19)9-17)13(18)12-4-3-11(15)7-16-12/h3-4,7,10,19H,5-6,8-9H2,1-2H3. The van der Waals surface area contributed by atoms with E-state index in [1.165, 1.54) is 12.1 Å². The Hall–Kier alpha value is -1.33. The summed E-state index contributed by atoms with van der Waals surface area (Å²) >= 11 is 0. The molecular weight excluding hydrogens is 247 g/mol. The lowest BCUT2D eigenvalue weighted by Gasteiger charge is -2.21. The summed E-state index contributed by atoms with van der Waals surface area (Å²) in [5, 5.41) is 9.88. The molecule has 0 saturated carbocycles. The second kappa shape index (κ2) is 5.35. The van der Waals surface area contributed by atoms with E-state index < -0.39 is 11.4 Å². The topological polar surface area (TPSA) is 53.4 Å². The summed E-state index contributed by atoms with van der Waals surface area (Å²) in [6, 6.07) is 2.65. The average molecular weight is 266 g/mol. The number of β-amino-alcohol motifs (C(OH)–C–C–N with tert-alkyl or cyclic N) is 1. The zero-order valence-electron chi connectivity index (χ0n) is 11.3. The first-order chi connectivity index (χ1) is 8.87. The minimum atomic E-state index is -0.656. The number of Topliss-reactive ketones (excluding diaryl/α,β-unsaturated/α-hetero) is 1. The first-order valence-corrected chi connectivity index (χ1v) is 6.48. The number of carbonyl (C=O) groups is 1. The van der Waals surface area contributed by atoms with E-state index in [4.69, 9.17) is 0 Å². The summed E-state index contributed by atoms with van der Waals surface area (Å²) in [5.74, 6) is -0.752. The lowest BCUT2D eigenvalue weighted by molar-refractivity contribution is 0.0649. The van der Waals surface area contributed by atoms with Crippen LogP contribution in [-0.2, 0) is 0 Å². The Morgan fingerprint density at radius 3 is 2.89 bits per heavy atom. The molecule has 1 N–H and O–H groups in total. The Bertz CT molecular complexity index is 459. The Balaban J connectivity index is 1.95. The molecule has 1 fully saturated rings. The van der Waals surface area contributed by atoms with Crippen molar-refractivity contribution in [2.24, 2.45) is 5.92 Å². The van der Waals surface area contributed by atoms with Crippen LogP contribution < -0.4 is 0 Å². The molecule has 5 heteroatoms. The van der Waals surface area contributed by atoms with E-state index in [1.807, 2.05) is 6.92 Å². The Labute approximate surface area is 112 Å². The molecule has 2 unspecified atom stereocenters. The number of carbonyl (C=O) groups excluding carboxylic acids is 1. The minimum absolute atomic E-state index is 0.0912. The van der Waals surface area contributed by atoms with Crippen molar-refractivity contribution in [2.45, 2.75) is 25.9 Å². The van der Waals surface area contributed by atoms with Crippen molar-refractivity contribution in [3.8, 4) is 0 Å². The van der Waals surface area contributed by atoms with Crippen molar-refractivity contribution in [2.75, 3.05) is 19.6 Å². The van der Waals surface area contributed by atoms with Crippen LogP contribution in [0.25, 0.3) is 0 Å². The maximum atomic E-state index is 12.8. The van der Waals surface area contributed by atoms with Crippen molar-refractivity contribution in [3.05, 3.63) is 29.8 Å². The van der Waals surface area contributed by atoms with Gasteiger partial charge in [0.1, 0.15) is 11.5 Å². The van der Waals surface area contributed by atoms with Crippen LogP contribution in [0.1, 0.15) is 30.8 Å². The first-order valence-electron chi connectivity index (χ1n) is 6.48. The third-order valence-electron chi connectivity index (χ3n) is 3.49. The normalized spacial score (nSPS) is 25.5. The molecule has 19 heavy (non-hydrogen) atoms. The number of halogens is 1. The van der Waals surface area contributed by atoms with Crippen LogP contribution in [0.3, 0.4) is 0 Å². The molecule has 4 nitrogen and oxygen atoms in total. The Morgan fingerprint density at radius 2 is 2.37 bits per heavy atom. The van der Waals surface area contributed by atoms with E-state index in [9.17, 15) is 14.3 Å². The molecule has 0 aliphatic carbocycles.